The van der Waals surface area contributed by atoms with Crippen LogP contribution in [0.4, 0.5) is 5.69 Å². The maximum absolute atomic E-state index is 11.6. The van der Waals surface area contributed by atoms with Crippen LogP contribution in [0, 0.1) is 6.92 Å². The lowest BCUT2D eigenvalue weighted by atomic mass is 10.2. The van der Waals surface area contributed by atoms with E-state index in [9.17, 15) is 4.79 Å². The van der Waals surface area contributed by atoms with Crippen molar-refractivity contribution in [3.63, 3.8) is 0 Å². The van der Waals surface area contributed by atoms with Crippen molar-refractivity contribution in [2.75, 3.05) is 5.32 Å². The highest BCUT2D eigenvalue weighted by molar-refractivity contribution is 7.80. The van der Waals surface area contributed by atoms with Gasteiger partial charge in [0.1, 0.15) is 0 Å². The second kappa shape index (κ2) is 4.63. The molecule has 0 aliphatic carbocycles. The first kappa shape index (κ1) is 11.7. The largest absolute Gasteiger partial charge is 0.331 e. The Bertz CT molecular complexity index is 493. The van der Waals surface area contributed by atoms with E-state index in [1.165, 1.54) is 10.6 Å². The smallest absolute Gasteiger partial charge is 0.255 e. The fraction of sp³-hybridized carbons (Fsp3) is 0.250. The lowest BCUT2D eigenvalue weighted by Gasteiger charge is -2.14. The second-order valence-electron chi connectivity index (χ2n) is 4.01. The average Bonchev–Trinajstić information content (AvgIpc) is 2.61. The fourth-order valence-corrected chi connectivity index (χ4v) is 1.79. The molecule has 2 rings (SSSR count). The van der Waals surface area contributed by atoms with Gasteiger partial charge >= 0.3 is 0 Å². The number of carbonyl (C=O) groups excluding carboxylic acids is 1. The molecule has 1 aromatic carbocycles. The van der Waals surface area contributed by atoms with Crippen LogP contribution < -0.4 is 5.32 Å². The summed E-state index contributed by atoms with van der Waals surface area (Å²) in [5, 5.41) is 8.63. The Hall–Kier alpha value is -1.75. The number of amides is 1. The van der Waals surface area contributed by atoms with E-state index >= 15 is 0 Å². The minimum atomic E-state index is -0.0906. The number of rotatable bonds is 1. The third-order valence-corrected chi connectivity index (χ3v) is 2.68. The SMILES string of the molecule is CC1=NN(C(=S)Nc2ccc(C)cc2)C(=O)C1. The maximum Gasteiger partial charge on any atom is 0.255 e. The van der Waals surface area contributed by atoms with Crippen LogP contribution in [-0.2, 0) is 4.79 Å². The number of anilines is 1. The molecule has 1 aliphatic rings. The summed E-state index contributed by atoms with van der Waals surface area (Å²) in [6.07, 6.45) is 0.343. The molecule has 5 heteroatoms. The summed E-state index contributed by atoms with van der Waals surface area (Å²) in [5.41, 5.74) is 2.81. The molecule has 0 aromatic heterocycles. The fourth-order valence-electron chi connectivity index (χ4n) is 1.53. The van der Waals surface area contributed by atoms with Gasteiger partial charge in [-0.25, -0.2) is 0 Å². The van der Waals surface area contributed by atoms with Gasteiger partial charge in [-0.2, -0.15) is 10.1 Å². The van der Waals surface area contributed by atoms with Crippen molar-refractivity contribution < 1.29 is 4.79 Å². The van der Waals surface area contributed by atoms with Crippen LogP contribution in [0.1, 0.15) is 18.9 Å². The molecular weight excluding hydrogens is 234 g/mol. The van der Waals surface area contributed by atoms with Crippen LogP contribution in [0.3, 0.4) is 0 Å². The first-order chi connectivity index (χ1) is 8.06. The Labute approximate surface area is 105 Å². The van der Waals surface area contributed by atoms with Crippen molar-refractivity contribution in [3.8, 4) is 0 Å². The molecule has 0 spiro atoms. The minimum Gasteiger partial charge on any atom is -0.331 e. The zero-order valence-electron chi connectivity index (χ0n) is 9.73. The Balaban J connectivity index is 2.07. The van der Waals surface area contributed by atoms with Gasteiger partial charge in [-0.15, -0.1) is 0 Å². The summed E-state index contributed by atoms with van der Waals surface area (Å²) in [6, 6.07) is 7.79. The molecule has 1 aliphatic heterocycles. The van der Waals surface area contributed by atoms with Crippen LogP contribution in [0.25, 0.3) is 0 Å². The van der Waals surface area contributed by atoms with E-state index in [1.807, 2.05) is 38.1 Å². The van der Waals surface area contributed by atoms with Crippen molar-refractivity contribution in [1.29, 1.82) is 0 Å². The van der Waals surface area contributed by atoms with Crippen molar-refractivity contribution in [1.82, 2.24) is 5.01 Å². The molecule has 17 heavy (non-hydrogen) atoms. The van der Waals surface area contributed by atoms with E-state index in [0.717, 1.165) is 11.4 Å². The lowest BCUT2D eigenvalue weighted by Crippen LogP contribution is -2.32. The zero-order valence-corrected chi connectivity index (χ0v) is 10.5. The van der Waals surface area contributed by atoms with Gasteiger partial charge in [0.2, 0.25) is 5.11 Å². The molecular formula is C12H13N3OS. The van der Waals surface area contributed by atoms with Gasteiger partial charge in [0.05, 0.1) is 6.42 Å². The van der Waals surface area contributed by atoms with Gasteiger partial charge < -0.3 is 5.32 Å². The topological polar surface area (TPSA) is 44.7 Å². The van der Waals surface area contributed by atoms with Crippen molar-refractivity contribution in [3.05, 3.63) is 29.8 Å². The summed E-state index contributed by atoms with van der Waals surface area (Å²) in [5.74, 6) is -0.0906. The van der Waals surface area contributed by atoms with Crippen LogP contribution in [0.2, 0.25) is 0 Å². The molecule has 1 heterocycles. The van der Waals surface area contributed by atoms with Crippen molar-refractivity contribution >= 4 is 34.6 Å². The third kappa shape index (κ3) is 2.68. The predicted octanol–water partition coefficient (Wildman–Crippen LogP) is 2.30. The summed E-state index contributed by atoms with van der Waals surface area (Å²) in [6.45, 7) is 3.83. The lowest BCUT2D eigenvalue weighted by molar-refractivity contribution is -0.124. The Morgan fingerprint density at radius 3 is 2.53 bits per heavy atom. The first-order valence-corrected chi connectivity index (χ1v) is 5.72. The molecule has 4 nitrogen and oxygen atoms in total. The van der Waals surface area contributed by atoms with E-state index in [4.69, 9.17) is 12.2 Å². The van der Waals surface area contributed by atoms with Crippen LogP contribution in [-0.4, -0.2) is 21.7 Å². The highest BCUT2D eigenvalue weighted by atomic mass is 32.1. The van der Waals surface area contributed by atoms with Gasteiger partial charge in [0, 0.05) is 11.4 Å². The standard InChI is InChI=1S/C12H13N3OS/c1-8-3-5-10(6-4-8)13-12(17)15-11(16)7-9(2)14-15/h3-6H,7H2,1-2H3,(H,13,17). The zero-order chi connectivity index (χ0) is 12.4. The molecule has 1 N–H and O–H groups in total. The van der Waals surface area contributed by atoms with Crippen LogP contribution in [0.15, 0.2) is 29.4 Å². The summed E-state index contributed by atoms with van der Waals surface area (Å²) in [4.78, 5) is 11.6. The molecule has 0 atom stereocenters. The highest BCUT2D eigenvalue weighted by Gasteiger charge is 2.24. The number of nitrogens with one attached hydrogen (secondary N) is 1. The number of thiocarbonyl (C=S) groups is 1. The summed E-state index contributed by atoms with van der Waals surface area (Å²) in [7, 11) is 0. The van der Waals surface area contributed by atoms with Gasteiger partial charge in [-0.1, -0.05) is 17.7 Å². The predicted molar refractivity (Wildman–Crippen MR) is 72.0 cm³/mol. The Morgan fingerprint density at radius 1 is 1.35 bits per heavy atom. The molecule has 0 bridgehead atoms. The van der Waals surface area contributed by atoms with Gasteiger partial charge in [0.15, 0.2) is 0 Å². The van der Waals surface area contributed by atoms with E-state index in [-0.39, 0.29) is 5.91 Å². The number of hydrogen-bond donors (Lipinski definition) is 1. The normalized spacial score (nSPS) is 14.8. The first-order valence-electron chi connectivity index (χ1n) is 5.31. The molecule has 0 radical (unpaired) electrons. The number of hydrazone groups is 1. The summed E-state index contributed by atoms with van der Waals surface area (Å²) >= 11 is 5.15. The molecule has 1 amide bonds. The van der Waals surface area contributed by atoms with E-state index < -0.39 is 0 Å². The van der Waals surface area contributed by atoms with E-state index in [1.54, 1.807) is 0 Å². The van der Waals surface area contributed by atoms with Gasteiger partial charge in [-0.05, 0) is 38.2 Å². The number of nitrogens with zero attached hydrogens (tertiary/aromatic N) is 2. The second-order valence-corrected chi connectivity index (χ2v) is 4.40. The molecule has 0 saturated carbocycles. The van der Waals surface area contributed by atoms with E-state index in [0.29, 0.717) is 11.5 Å². The molecule has 0 unspecified atom stereocenters. The van der Waals surface area contributed by atoms with Crippen LogP contribution in [0.5, 0.6) is 0 Å². The molecule has 0 saturated heterocycles. The Kier molecular flexibility index (Phi) is 3.19. The molecule has 0 fully saturated rings. The average molecular weight is 247 g/mol. The number of benzene rings is 1. The highest BCUT2D eigenvalue weighted by Crippen LogP contribution is 2.13. The summed E-state index contributed by atoms with van der Waals surface area (Å²) < 4.78 is 0. The van der Waals surface area contributed by atoms with Gasteiger partial charge in [-0.3, -0.25) is 4.79 Å². The van der Waals surface area contributed by atoms with Crippen LogP contribution >= 0.6 is 12.2 Å². The molecule has 1 aromatic rings. The third-order valence-electron chi connectivity index (χ3n) is 2.41. The number of carbonyl (C=O) groups is 1. The number of hydrogen-bond acceptors (Lipinski definition) is 3. The molecule has 88 valence electrons. The van der Waals surface area contributed by atoms with Gasteiger partial charge in [0.25, 0.3) is 5.91 Å². The monoisotopic (exact) mass is 247 g/mol. The van der Waals surface area contributed by atoms with Crippen molar-refractivity contribution in [2.24, 2.45) is 5.10 Å². The maximum atomic E-state index is 11.6. The quantitative estimate of drug-likeness (QED) is 0.774. The van der Waals surface area contributed by atoms with Crippen molar-refractivity contribution in [2.45, 2.75) is 20.3 Å². The Morgan fingerprint density at radius 2 is 2.00 bits per heavy atom. The number of aryl methyl sites for hydroxylation is 1. The minimum absolute atomic E-state index is 0.0906. The van der Waals surface area contributed by atoms with E-state index in [2.05, 4.69) is 10.4 Å².